The third kappa shape index (κ3) is 6.28. The smallest absolute Gasteiger partial charge is 0.409 e. The molecule has 1 N–H and O–H groups in total. The monoisotopic (exact) mass is 391 g/mol. The summed E-state index contributed by atoms with van der Waals surface area (Å²) in [5.41, 5.74) is 2.90. The van der Waals surface area contributed by atoms with Crippen LogP contribution in [-0.4, -0.2) is 29.7 Å². The normalized spacial score (nSPS) is 10.4. The van der Waals surface area contributed by atoms with Crippen LogP contribution in [0.3, 0.4) is 0 Å². The number of rotatable bonds is 8. The topological polar surface area (TPSA) is 59.0 Å². The number of nitrogens with zero attached hydrogens (tertiary/aromatic N) is 1. The first-order valence-corrected chi connectivity index (χ1v) is 9.52. The number of phenolic OH excluding ortho intramolecular Hbond substituents is 1. The van der Waals surface area contributed by atoms with Gasteiger partial charge < -0.3 is 19.5 Å². The molecule has 0 saturated carbocycles. The van der Waals surface area contributed by atoms with E-state index in [4.69, 9.17) is 9.47 Å². The molecule has 5 nitrogen and oxygen atoms in total. The molecule has 0 aromatic heterocycles. The van der Waals surface area contributed by atoms with E-state index in [1.165, 1.54) is 4.90 Å². The molecule has 0 fully saturated rings. The van der Waals surface area contributed by atoms with Gasteiger partial charge in [0.05, 0.1) is 0 Å². The van der Waals surface area contributed by atoms with Crippen LogP contribution >= 0.6 is 0 Å². The number of amides is 1. The van der Waals surface area contributed by atoms with Crippen LogP contribution in [0.1, 0.15) is 16.7 Å². The fourth-order valence-electron chi connectivity index (χ4n) is 2.79. The van der Waals surface area contributed by atoms with Crippen LogP contribution in [0, 0.1) is 0 Å². The first-order valence-electron chi connectivity index (χ1n) is 9.52. The maximum absolute atomic E-state index is 12.1. The second-order valence-electron chi connectivity index (χ2n) is 6.79. The quantitative estimate of drug-likeness (QED) is 0.600. The Bertz CT molecular complexity index is 913. The summed E-state index contributed by atoms with van der Waals surface area (Å²) in [6, 6.07) is 24.7. The zero-order valence-corrected chi connectivity index (χ0v) is 16.5. The lowest BCUT2D eigenvalue weighted by Gasteiger charge is -2.17. The lowest BCUT2D eigenvalue weighted by molar-refractivity contribution is 0.105. The van der Waals surface area contributed by atoms with Gasteiger partial charge in [-0.25, -0.2) is 4.79 Å². The molecule has 3 aromatic carbocycles. The Hall–Kier alpha value is -3.47. The zero-order valence-electron chi connectivity index (χ0n) is 16.5. The van der Waals surface area contributed by atoms with Crippen molar-refractivity contribution >= 4 is 6.09 Å². The number of likely N-dealkylation sites (N-methyl/N-ethyl adjacent to an activating group) is 1. The summed E-state index contributed by atoms with van der Waals surface area (Å²) in [7, 11) is 1.70. The van der Waals surface area contributed by atoms with Gasteiger partial charge in [0.1, 0.15) is 13.2 Å². The van der Waals surface area contributed by atoms with Gasteiger partial charge in [-0.1, -0.05) is 66.7 Å². The Balaban J connectivity index is 1.46. The van der Waals surface area contributed by atoms with E-state index >= 15 is 0 Å². The molecule has 0 unspecified atom stereocenters. The van der Waals surface area contributed by atoms with Gasteiger partial charge in [0, 0.05) is 13.6 Å². The van der Waals surface area contributed by atoms with Crippen molar-refractivity contribution in [2.24, 2.45) is 0 Å². The molecule has 0 aliphatic carbocycles. The van der Waals surface area contributed by atoms with Gasteiger partial charge in [-0.15, -0.1) is 0 Å². The molecule has 0 radical (unpaired) electrons. The minimum atomic E-state index is -0.374. The Morgan fingerprint density at radius 1 is 0.862 bits per heavy atom. The predicted molar refractivity (Wildman–Crippen MR) is 112 cm³/mol. The third-order valence-electron chi connectivity index (χ3n) is 4.51. The molecule has 29 heavy (non-hydrogen) atoms. The van der Waals surface area contributed by atoms with Crippen LogP contribution in [0.4, 0.5) is 4.79 Å². The fourth-order valence-corrected chi connectivity index (χ4v) is 2.79. The maximum atomic E-state index is 12.1. The van der Waals surface area contributed by atoms with Gasteiger partial charge in [0.25, 0.3) is 0 Å². The number of carbonyl (C=O) groups is 1. The first-order chi connectivity index (χ1) is 14.1. The number of hydrogen-bond donors (Lipinski definition) is 1. The molecule has 0 spiro atoms. The molecule has 0 saturated heterocycles. The van der Waals surface area contributed by atoms with Crippen molar-refractivity contribution in [2.45, 2.75) is 19.6 Å². The second-order valence-corrected chi connectivity index (χ2v) is 6.79. The lowest BCUT2D eigenvalue weighted by Crippen LogP contribution is -2.29. The van der Waals surface area contributed by atoms with E-state index in [0.29, 0.717) is 25.3 Å². The summed E-state index contributed by atoms with van der Waals surface area (Å²) in [6.45, 7) is 1.12. The number of benzene rings is 3. The molecule has 0 atom stereocenters. The van der Waals surface area contributed by atoms with Gasteiger partial charge in [0.2, 0.25) is 0 Å². The number of ether oxygens (including phenoxy) is 2. The first kappa shape index (κ1) is 20.3. The molecule has 0 aliphatic heterocycles. The Morgan fingerprint density at radius 3 is 2.10 bits per heavy atom. The van der Waals surface area contributed by atoms with E-state index in [2.05, 4.69) is 0 Å². The zero-order chi connectivity index (χ0) is 20.5. The van der Waals surface area contributed by atoms with Crippen LogP contribution in [0.25, 0.3) is 0 Å². The Labute approximate surface area is 171 Å². The summed E-state index contributed by atoms with van der Waals surface area (Å²) < 4.78 is 11.0. The minimum absolute atomic E-state index is 0.0905. The summed E-state index contributed by atoms with van der Waals surface area (Å²) in [6.07, 6.45) is 0.226. The summed E-state index contributed by atoms with van der Waals surface area (Å²) in [5.74, 6) is 0.529. The molecule has 0 heterocycles. The molecular formula is C24H25NO4. The fraction of sp³-hybridized carbons (Fsp3) is 0.208. The number of hydrogen-bond acceptors (Lipinski definition) is 4. The SMILES string of the molecule is CN(CCc1ccc(OCc2ccccc2)c(O)c1)C(=O)OCc1ccccc1. The third-order valence-corrected chi connectivity index (χ3v) is 4.51. The van der Waals surface area contributed by atoms with Crippen LogP contribution in [-0.2, 0) is 24.4 Å². The average molecular weight is 391 g/mol. The van der Waals surface area contributed by atoms with Crippen molar-refractivity contribution in [3.05, 3.63) is 95.6 Å². The van der Waals surface area contributed by atoms with Crippen molar-refractivity contribution in [1.82, 2.24) is 4.90 Å². The Morgan fingerprint density at radius 2 is 1.48 bits per heavy atom. The minimum Gasteiger partial charge on any atom is -0.504 e. The molecule has 3 aromatic rings. The molecule has 1 amide bonds. The standard InChI is InChI=1S/C24H25NO4/c1-25(24(27)29-18-21-10-6-3-7-11-21)15-14-19-12-13-23(22(26)16-19)28-17-20-8-4-2-5-9-20/h2-13,16,26H,14-15,17-18H2,1H3. The second kappa shape index (κ2) is 10.2. The van der Waals surface area contributed by atoms with E-state index in [9.17, 15) is 9.90 Å². The van der Waals surface area contributed by atoms with Crippen LogP contribution in [0.2, 0.25) is 0 Å². The largest absolute Gasteiger partial charge is 0.504 e. The molecule has 150 valence electrons. The number of carbonyl (C=O) groups excluding carboxylic acids is 1. The van der Waals surface area contributed by atoms with E-state index in [1.54, 1.807) is 19.2 Å². The van der Waals surface area contributed by atoms with Crippen molar-refractivity contribution in [3.8, 4) is 11.5 Å². The molecular weight excluding hydrogens is 366 g/mol. The van der Waals surface area contributed by atoms with E-state index < -0.39 is 0 Å². The highest BCUT2D eigenvalue weighted by Gasteiger charge is 2.11. The molecule has 3 rings (SSSR count). The Kier molecular flexibility index (Phi) is 7.11. The van der Waals surface area contributed by atoms with Crippen LogP contribution < -0.4 is 4.74 Å². The van der Waals surface area contributed by atoms with Crippen molar-refractivity contribution in [3.63, 3.8) is 0 Å². The van der Waals surface area contributed by atoms with Gasteiger partial charge in [-0.2, -0.15) is 0 Å². The van der Waals surface area contributed by atoms with Crippen molar-refractivity contribution in [2.75, 3.05) is 13.6 Å². The highest BCUT2D eigenvalue weighted by Crippen LogP contribution is 2.28. The maximum Gasteiger partial charge on any atom is 0.409 e. The molecule has 0 bridgehead atoms. The predicted octanol–water partition coefficient (Wildman–Crippen LogP) is 4.78. The lowest BCUT2D eigenvalue weighted by atomic mass is 10.1. The van der Waals surface area contributed by atoms with Crippen LogP contribution in [0.15, 0.2) is 78.9 Å². The number of aromatic hydroxyl groups is 1. The highest BCUT2D eigenvalue weighted by molar-refractivity contribution is 5.67. The average Bonchev–Trinajstić information content (AvgIpc) is 2.76. The van der Waals surface area contributed by atoms with Gasteiger partial charge in [-0.3, -0.25) is 0 Å². The van der Waals surface area contributed by atoms with E-state index in [1.807, 2.05) is 66.7 Å². The summed E-state index contributed by atoms with van der Waals surface area (Å²) in [4.78, 5) is 13.6. The van der Waals surface area contributed by atoms with Crippen LogP contribution in [0.5, 0.6) is 11.5 Å². The van der Waals surface area contributed by atoms with E-state index in [0.717, 1.165) is 16.7 Å². The van der Waals surface area contributed by atoms with Gasteiger partial charge in [-0.05, 0) is 35.2 Å². The molecule has 5 heteroatoms. The highest BCUT2D eigenvalue weighted by atomic mass is 16.6. The van der Waals surface area contributed by atoms with E-state index in [-0.39, 0.29) is 18.4 Å². The van der Waals surface area contributed by atoms with Crippen molar-refractivity contribution < 1.29 is 19.4 Å². The van der Waals surface area contributed by atoms with Gasteiger partial charge in [0.15, 0.2) is 11.5 Å². The summed E-state index contributed by atoms with van der Waals surface area (Å²) in [5, 5.41) is 10.2. The van der Waals surface area contributed by atoms with Gasteiger partial charge >= 0.3 is 6.09 Å². The van der Waals surface area contributed by atoms with Crippen molar-refractivity contribution in [1.29, 1.82) is 0 Å². The number of phenols is 1. The summed E-state index contributed by atoms with van der Waals surface area (Å²) >= 11 is 0. The molecule has 0 aliphatic rings.